The molecule has 0 rings (SSSR count). The van der Waals surface area contributed by atoms with Gasteiger partial charge in [0.1, 0.15) is 0 Å². The first-order valence-corrected chi connectivity index (χ1v) is 6.12. The number of carboxylic acid groups (broad SMARTS) is 1. The quantitative estimate of drug-likeness (QED) is 0.234. The van der Waals surface area contributed by atoms with Crippen molar-refractivity contribution in [3.63, 3.8) is 0 Å². The summed E-state index contributed by atoms with van der Waals surface area (Å²) in [6.45, 7) is 6.25. The van der Waals surface area contributed by atoms with Gasteiger partial charge in [-0.05, 0) is 12.3 Å². The van der Waals surface area contributed by atoms with Crippen molar-refractivity contribution >= 4 is 11.9 Å². The van der Waals surface area contributed by atoms with E-state index in [1.807, 2.05) is 13.8 Å². The maximum absolute atomic E-state index is 11.6. The summed E-state index contributed by atoms with van der Waals surface area (Å²) in [5.41, 5.74) is 0. The normalized spacial score (nSPS) is 14.6. The molecule has 0 aromatic carbocycles. The van der Waals surface area contributed by atoms with Gasteiger partial charge in [-0.15, -0.1) is 5.01 Å². The van der Waals surface area contributed by atoms with Crippen molar-refractivity contribution in [3.05, 3.63) is 5.21 Å². The monoisotopic (exact) mass is 291 g/mol. The Morgan fingerprint density at radius 1 is 1.40 bits per heavy atom. The molecular weight excluding hydrogens is 270 g/mol. The van der Waals surface area contributed by atoms with Crippen molar-refractivity contribution < 1.29 is 29.2 Å². The van der Waals surface area contributed by atoms with E-state index in [1.165, 1.54) is 20.9 Å². The number of nitrogens with zero attached hydrogens (tertiary/aromatic N) is 3. The SMILES string of the molecule is CC(=O)OC(C)O/N=[N+](\[O-])N(C)[C@@H](CC(C)C)C(=O)O. The van der Waals surface area contributed by atoms with Crippen LogP contribution in [0.1, 0.15) is 34.1 Å². The fourth-order valence-corrected chi connectivity index (χ4v) is 1.40. The first-order chi connectivity index (χ1) is 9.15. The smallest absolute Gasteiger partial charge is 0.332 e. The fourth-order valence-electron chi connectivity index (χ4n) is 1.40. The first-order valence-electron chi connectivity index (χ1n) is 6.12. The van der Waals surface area contributed by atoms with Gasteiger partial charge in [0.25, 0.3) is 6.29 Å². The molecule has 0 bridgehead atoms. The Labute approximate surface area is 117 Å². The molecule has 0 aliphatic rings. The zero-order valence-corrected chi connectivity index (χ0v) is 12.3. The molecular formula is C11H21N3O6. The van der Waals surface area contributed by atoms with Crippen molar-refractivity contribution in [3.8, 4) is 0 Å². The highest BCUT2D eigenvalue weighted by Crippen LogP contribution is 2.11. The maximum atomic E-state index is 11.6. The Morgan fingerprint density at radius 2 is 1.95 bits per heavy atom. The summed E-state index contributed by atoms with van der Waals surface area (Å²) in [5.74, 6) is -1.63. The van der Waals surface area contributed by atoms with Gasteiger partial charge in [0, 0.05) is 13.8 Å². The number of esters is 1. The number of hydrazine groups is 1. The Morgan fingerprint density at radius 3 is 2.35 bits per heavy atom. The summed E-state index contributed by atoms with van der Waals surface area (Å²) >= 11 is 0. The lowest BCUT2D eigenvalue weighted by Crippen LogP contribution is -2.43. The summed E-state index contributed by atoms with van der Waals surface area (Å²) in [6.07, 6.45) is -0.759. The van der Waals surface area contributed by atoms with E-state index in [0.29, 0.717) is 0 Å². The van der Waals surface area contributed by atoms with E-state index in [4.69, 9.17) is 5.11 Å². The van der Waals surface area contributed by atoms with Gasteiger partial charge in [-0.25, -0.2) is 4.79 Å². The molecule has 0 amide bonds. The topological polar surface area (TPSA) is 114 Å². The van der Waals surface area contributed by atoms with E-state index >= 15 is 0 Å². The zero-order valence-electron chi connectivity index (χ0n) is 12.3. The summed E-state index contributed by atoms with van der Waals surface area (Å²) in [5, 5.41) is 24.7. The van der Waals surface area contributed by atoms with Gasteiger partial charge in [-0.3, -0.25) is 9.63 Å². The minimum absolute atomic E-state index is 0.0150. The molecule has 0 saturated heterocycles. The molecule has 0 saturated carbocycles. The van der Waals surface area contributed by atoms with Crippen LogP contribution in [0.4, 0.5) is 0 Å². The van der Waals surface area contributed by atoms with Crippen LogP contribution in [-0.2, 0) is 19.2 Å². The van der Waals surface area contributed by atoms with Crippen LogP contribution in [0.15, 0.2) is 5.28 Å². The molecule has 20 heavy (non-hydrogen) atoms. The van der Waals surface area contributed by atoms with Gasteiger partial charge >= 0.3 is 11.9 Å². The molecule has 0 aromatic rings. The molecule has 0 aliphatic carbocycles. The molecule has 0 fully saturated rings. The van der Waals surface area contributed by atoms with Crippen LogP contribution >= 0.6 is 0 Å². The summed E-state index contributed by atoms with van der Waals surface area (Å²) < 4.78 is 4.60. The Hall–Kier alpha value is -2.06. The fraction of sp³-hybridized carbons (Fsp3) is 0.818. The third-order valence-electron chi connectivity index (χ3n) is 2.30. The molecule has 0 radical (unpaired) electrons. The second-order valence-corrected chi connectivity index (χ2v) is 4.67. The predicted molar refractivity (Wildman–Crippen MR) is 67.0 cm³/mol. The van der Waals surface area contributed by atoms with Crippen LogP contribution in [-0.4, -0.2) is 46.4 Å². The van der Waals surface area contributed by atoms with E-state index in [9.17, 15) is 14.8 Å². The molecule has 9 nitrogen and oxygen atoms in total. The van der Waals surface area contributed by atoms with E-state index in [1.54, 1.807) is 0 Å². The lowest BCUT2D eigenvalue weighted by Gasteiger charge is -2.21. The van der Waals surface area contributed by atoms with E-state index in [2.05, 4.69) is 14.9 Å². The molecule has 9 heteroatoms. The number of hydrogen-bond acceptors (Lipinski definition) is 6. The number of carbonyl (C=O) groups is 2. The van der Waals surface area contributed by atoms with Gasteiger partial charge in [0.05, 0.1) is 12.0 Å². The minimum Gasteiger partial charge on any atom is -0.569 e. The van der Waals surface area contributed by atoms with Gasteiger partial charge in [-0.2, -0.15) is 0 Å². The third-order valence-corrected chi connectivity index (χ3v) is 2.30. The van der Waals surface area contributed by atoms with E-state index in [-0.39, 0.29) is 17.3 Å². The number of carboxylic acids is 1. The average Bonchev–Trinajstić information content (AvgIpc) is 2.30. The number of rotatable bonds is 8. The molecule has 2 atom stereocenters. The van der Waals surface area contributed by atoms with Gasteiger partial charge in [0.2, 0.25) is 5.28 Å². The molecule has 116 valence electrons. The van der Waals surface area contributed by atoms with Gasteiger partial charge in [-0.1, -0.05) is 13.8 Å². The highest BCUT2D eigenvalue weighted by molar-refractivity contribution is 5.73. The average molecular weight is 291 g/mol. The maximum Gasteiger partial charge on any atom is 0.332 e. The summed E-state index contributed by atoms with van der Waals surface area (Å²) in [6, 6.07) is -1.02. The first kappa shape index (κ1) is 17.9. The molecule has 0 spiro atoms. The highest BCUT2D eigenvalue weighted by atomic mass is 16.8. The lowest BCUT2D eigenvalue weighted by atomic mass is 10.0. The molecule has 0 heterocycles. The number of carbonyl (C=O) groups excluding carboxylic acids is 1. The summed E-state index contributed by atoms with van der Waals surface area (Å²) in [7, 11) is 1.29. The summed E-state index contributed by atoms with van der Waals surface area (Å²) in [4.78, 5) is 26.4. The Kier molecular flexibility index (Phi) is 7.34. The van der Waals surface area contributed by atoms with Gasteiger partial charge < -0.3 is 15.1 Å². The van der Waals surface area contributed by atoms with Crippen LogP contribution in [0.3, 0.4) is 0 Å². The van der Waals surface area contributed by atoms with Gasteiger partial charge in [0.15, 0.2) is 6.04 Å². The van der Waals surface area contributed by atoms with Crippen molar-refractivity contribution in [2.24, 2.45) is 11.2 Å². The largest absolute Gasteiger partial charge is 0.569 e. The lowest BCUT2D eigenvalue weighted by molar-refractivity contribution is -0.712. The predicted octanol–water partition coefficient (Wildman–Crippen LogP) is 1.14. The molecule has 1 N–H and O–H groups in total. The van der Waals surface area contributed by atoms with Crippen LogP contribution in [0.2, 0.25) is 0 Å². The number of ether oxygens (including phenoxy) is 1. The van der Waals surface area contributed by atoms with Crippen molar-refractivity contribution in [1.82, 2.24) is 5.01 Å². The molecule has 0 aliphatic heterocycles. The second kappa shape index (κ2) is 8.18. The number of hydrogen-bond donors (Lipinski definition) is 1. The van der Waals surface area contributed by atoms with Crippen LogP contribution in [0.5, 0.6) is 0 Å². The zero-order chi connectivity index (χ0) is 15.9. The molecule has 0 aromatic heterocycles. The van der Waals surface area contributed by atoms with E-state index < -0.39 is 24.3 Å². The number of aliphatic carboxylic acids is 1. The Balaban J connectivity index is 4.66. The standard InChI is InChI=1S/C11H21N3O6/c1-7(2)6-10(11(16)17)13(5)14(18)12-20-9(4)19-8(3)15/h7,9-10H,6H2,1-5H3,(H,16,17)/b14-12-/t9?,10-/m0/s1. The molecule has 1 unspecified atom stereocenters. The van der Waals surface area contributed by atoms with Crippen LogP contribution in [0, 0.1) is 11.1 Å². The van der Waals surface area contributed by atoms with Crippen LogP contribution in [0.25, 0.3) is 0 Å². The number of likely N-dealkylation sites (N-methyl/N-ethyl adjacent to an activating group) is 1. The van der Waals surface area contributed by atoms with Crippen LogP contribution < -0.4 is 0 Å². The Bertz CT molecular complexity index is 371. The van der Waals surface area contributed by atoms with Crippen molar-refractivity contribution in [2.75, 3.05) is 7.05 Å². The minimum atomic E-state index is -1.13. The second-order valence-electron chi connectivity index (χ2n) is 4.67. The third kappa shape index (κ3) is 6.76. The highest BCUT2D eigenvalue weighted by Gasteiger charge is 2.29. The van der Waals surface area contributed by atoms with Crippen molar-refractivity contribution in [1.29, 1.82) is 0 Å². The van der Waals surface area contributed by atoms with E-state index in [0.717, 1.165) is 5.01 Å². The van der Waals surface area contributed by atoms with Crippen molar-refractivity contribution in [2.45, 2.75) is 46.4 Å².